The highest BCUT2D eigenvalue weighted by atomic mass is 19.4. The number of benzene rings is 1. The molecule has 4 heteroatoms. The molecule has 1 unspecified atom stereocenters. The molecule has 0 aliphatic carbocycles. The molecule has 0 spiro atoms. The quantitative estimate of drug-likeness (QED) is 0.790. The van der Waals surface area contributed by atoms with E-state index in [1.807, 2.05) is 13.8 Å². The fraction of sp³-hybridized carbons (Fsp3) is 0.571. The maximum Gasteiger partial charge on any atom is 0.416 e. The number of nitrogens with one attached hydrogen (secondary N) is 1. The van der Waals surface area contributed by atoms with Crippen LogP contribution in [-0.4, -0.2) is 6.54 Å². The van der Waals surface area contributed by atoms with Crippen molar-refractivity contribution in [1.82, 2.24) is 5.32 Å². The summed E-state index contributed by atoms with van der Waals surface area (Å²) >= 11 is 0. The molecule has 0 aliphatic heterocycles. The predicted octanol–water partition coefficient (Wildman–Crippen LogP) is 4.55. The summed E-state index contributed by atoms with van der Waals surface area (Å²) in [6.45, 7) is 4.72. The van der Waals surface area contributed by atoms with E-state index in [4.69, 9.17) is 0 Å². The van der Waals surface area contributed by atoms with Gasteiger partial charge in [-0.3, -0.25) is 0 Å². The van der Waals surface area contributed by atoms with Gasteiger partial charge in [0.05, 0.1) is 5.56 Å². The zero-order valence-electron chi connectivity index (χ0n) is 10.8. The van der Waals surface area contributed by atoms with Crippen LogP contribution in [0.25, 0.3) is 0 Å². The second-order valence-electron chi connectivity index (χ2n) is 4.38. The summed E-state index contributed by atoms with van der Waals surface area (Å²) in [5.41, 5.74) is -0.160. The van der Waals surface area contributed by atoms with Crippen LogP contribution >= 0.6 is 0 Å². The normalized spacial score (nSPS) is 13.6. The van der Waals surface area contributed by atoms with Crippen LogP contribution in [0.3, 0.4) is 0 Å². The molecule has 0 saturated carbocycles. The SMILES string of the molecule is CCCNC(CCC)c1ccccc1C(F)(F)F. The van der Waals surface area contributed by atoms with Crippen molar-refractivity contribution in [1.29, 1.82) is 0 Å². The van der Waals surface area contributed by atoms with Crippen LogP contribution < -0.4 is 5.32 Å². The second-order valence-corrected chi connectivity index (χ2v) is 4.38. The Morgan fingerprint density at radius 2 is 1.78 bits per heavy atom. The first-order valence-corrected chi connectivity index (χ1v) is 6.40. The zero-order valence-corrected chi connectivity index (χ0v) is 10.8. The van der Waals surface area contributed by atoms with Gasteiger partial charge in [-0.1, -0.05) is 38.5 Å². The van der Waals surface area contributed by atoms with E-state index in [2.05, 4.69) is 5.32 Å². The molecule has 0 heterocycles. The lowest BCUT2D eigenvalue weighted by molar-refractivity contribution is -0.138. The maximum absolute atomic E-state index is 12.9. The molecule has 0 amide bonds. The van der Waals surface area contributed by atoms with Crippen molar-refractivity contribution in [2.45, 2.75) is 45.3 Å². The van der Waals surface area contributed by atoms with Crippen molar-refractivity contribution in [3.05, 3.63) is 35.4 Å². The van der Waals surface area contributed by atoms with Crippen molar-refractivity contribution in [3.63, 3.8) is 0 Å². The number of rotatable bonds is 6. The van der Waals surface area contributed by atoms with Gasteiger partial charge in [-0.15, -0.1) is 0 Å². The van der Waals surface area contributed by atoms with Gasteiger partial charge in [-0.25, -0.2) is 0 Å². The summed E-state index contributed by atoms with van der Waals surface area (Å²) in [7, 11) is 0. The van der Waals surface area contributed by atoms with Gasteiger partial charge in [0.15, 0.2) is 0 Å². The highest BCUT2D eigenvalue weighted by molar-refractivity contribution is 5.32. The fourth-order valence-electron chi connectivity index (χ4n) is 2.03. The lowest BCUT2D eigenvalue weighted by Gasteiger charge is -2.22. The first-order valence-electron chi connectivity index (χ1n) is 6.40. The molecule has 0 saturated heterocycles. The Kier molecular flexibility index (Phi) is 5.66. The topological polar surface area (TPSA) is 12.0 Å². The Labute approximate surface area is 106 Å². The molecule has 18 heavy (non-hydrogen) atoms. The van der Waals surface area contributed by atoms with E-state index in [-0.39, 0.29) is 6.04 Å². The summed E-state index contributed by atoms with van der Waals surface area (Å²) in [6, 6.07) is 5.63. The Morgan fingerprint density at radius 1 is 1.11 bits per heavy atom. The third-order valence-electron chi connectivity index (χ3n) is 2.86. The number of alkyl halides is 3. The maximum atomic E-state index is 12.9. The van der Waals surface area contributed by atoms with E-state index < -0.39 is 11.7 Å². The van der Waals surface area contributed by atoms with Crippen LogP contribution in [-0.2, 0) is 6.18 Å². The van der Waals surface area contributed by atoms with E-state index in [0.29, 0.717) is 12.0 Å². The molecule has 1 aromatic rings. The van der Waals surface area contributed by atoms with Crippen LogP contribution in [0, 0.1) is 0 Å². The fourth-order valence-corrected chi connectivity index (χ4v) is 2.03. The molecule has 1 N–H and O–H groups in total. The molecule has 1 rings (SSSR count). The molecule has 102 valence electrons. The first-order chi connectivity index (χ1) is 8.50. The van der Waals surface area contributed by atoms with E-state index in [9.17, 15) is 13.2 Å². The van der Waals surface area contributed by atoms with Gasteiger partial charge in [0.2, 0.25) is 0 Å². The van der Waals surface area contributed by atoms with Crippen molar-refractivity contribution in [2.24, 2.45) is 0 Å². The largest absolute Gasteiger partial charge is 0.416 e. The van der Waals surface area contributed by atoms with Gasteiger partial charge in [-0.2, -0.15) is 13.2 Å². The summed E-state index contributed by atoms with van der Waals surface area (Å²) in [4.78, 5) is 0. The van der Waals surface area contributed by atoms with E-state index in [0.717, 1.165) is 25.5 Å². The number of hydrogen-bond donors (Lipinski definition) is 1. The van der Waals surface area contributed by atoms with Gasteiger partial charge in [0.25, 0.3) is 0 Å². The summed E-state index contributed by atoms with van der Waals surface area (Å²) in [5.74, 6) is 0. The minimum atomic E-state index is -4.28. The Morgan fingerprint density at radius 3 is 2.33 bits per heavy atom. The van der Waals surface area contributed by atoms with Crippen LogP contribution in [0.4, 0.5) is 13.2 Å². The van der Waals surface area contributed by atoms with Crippen molar-refractivity contribution < 1.29 is 13.2 Å². The van der Waals surface area contributed by atoms with Gasteiger partial charge in [-0.05, 0) is 31.0 Å². The Bertz CT molecular complexity index is 360. The lowest BCUT2D eigenvalue weighted by atomic mass is 9.96. The smallest absolute Gasteiger partial charge is 0.310 e. The van der Waals surface area contributed by atoms with Crippen molar-refractivity contribution in [2.75, 3.05) is 6.54 Å². The lowest BCUT2D eigenvalue weighted by Crippen LogP contribution is -2.24. The number of hydrogen-bond acceptors (Lipinski definition) is 1. The van der Waals surface area contributed by atoms with E-state index in [1.165, 1.54) is 6.07 Å². The average Bonchev–Trinajstić information content (AvgIpc) is 2.33. The molecule has 0 aromatic heterocycles. The molecule has 1 nitrogen and oxygen atoms in total. The predicted molar refractivity (Wildman–Crippen MR) is 67.4 cm³/mol. The highest BCUT2D eigenvalue weighted by Crippen LogP contribution is 2.35. The minimum absolute atomic E-state index is 0.215. The van der Waals surface area contributed by atoms with Crippen LogP contribution in [0.5, 0.6) is 0 Å². The van der Waals surface area contributed by atoms with Gasteiger partial charge >= 0.3 is 6.18 Å². The zero-order chi connectivity index (χ0) is 13.6. The second kappa shape index (κ2) is 6.78. The molecule has 0 bridgehead atoms. The van der Waals surface area contributed by atoms with Gasteiger partial charge in [0, 0.05) is 6.04 Å². The third-order valence-corrected chi connectivity index (χ3v) is 2.86. The van der Waals surface area contributed by atoms with Gasteiger partial charge < -0.3 is 5.32 Å². The molecular weight excluding hydrogens is 239 g/mol. The van der Waals surface area contributed by atoms with Crippen LogP contribution in [0.1, 0.15) is 50.3 Å². The van der Waals surface area contributed by atoms with E-state index >= 15 is 0 Å². The molecule has 1 atom stereocenters. The summed E-state index contributed by atoms with van der Waals surface area (Å²) in [5, 5.41) is 3.20. The molecule has 0 radical (unpaired) electrons. The monoisotopic (exact) mass is 259 g/mol. The van der Waals surface area contributed by atoms with Crippen molar-refractivity contribution >= 4 is 0 Å². The highest BCUT2D eigenvalue weighted by Gasteiger charge is 2.34. The Hall–Kier alpha value is -1.03. The molecular formula is C14H20F3N. The molecule has 0 aliphatic rings. The summed E-state index contributed by atoms with van der Waals surface area (Å²) in [6.07, 6.45) is -1.80. The number of halogens is 3. The average molecular weight is 259 g/mol. The first kappa shape index (κ1) is 15.0. The Balaban J connectivity index is 3.03. The van der Waals surface area contributed by atoms with Crippen molar-refractivity contribution in [3.8, 4) is 0 Å². The van der Waals surface area contributed by atoms with E-state index in [1.54, 1.807) is 12.1 Å². The van der Waals surface area contributed by atoms with Crippen LogP contribution in [0.2, 0.25) is 0 Å². The third kappa shape index (κ3) is 4.02. The van der Waals surface area contributed by atoms with Crippen LogP contribution in [0.15, 0.2) is 24.3 Å². The minimum Gasteiger partial charge on any atom is -0.310 e. The molecule has 1 aromatic carbocycles. The standard InChI is InChI=1S/C14H20F3N/c1-3-7-13(18-10-4-2)11-8-5-6-9-12(11)14(15,16)17/h5-6,8-9,13,18H,3-4,7,10H2,1-2H3. The molecule has 0 fully saturated rings. The summed E-state index contributed by atoms with van der Waals surface area (Å²) < 4.78 is 38.8. The van der Waals surface area contributed by atoms with Gasteiger partial charge in [0.1, 0.15) is 0 Å².